The number of fused-ring (bicyclic) bond motifs is 1. The molecule has 0 atom stereocenters. The second-order valence-electron chi connectivity index (χ2n) is 6.07. The zero-order valence-corrected chi connectivity index (χ0v) is 13.4. The van der Waals surface area contributed by atoms with E-state index in [1.54, 1.807) is 18.2 Å². The third kappa shape index (κ3) is 3.04. The van der Waals surface area contributed by atoms with Crippen LogP contribution >= 0.6 is 0 Å². The first-order valence-corrected chi connectivity index (χ1v) is 8.25. The van der Waals surface area contributed by atoms with Crippen LogP contribution in [0.15, 0.2) is 54.7 Å². The van der Waals surface area contributed by atoms with Crippen molar-refractivity contribution in [1.82, 2.24) is 9.55 Å². The van der Waals surface area contributed by atoms with E-state index in [-0.39, 0.29) is 5.75 Å². The maximum absolute atomic E-state index is 9.47. The van der Waals surface area contributed by atoms with Crippen molar-refractivity contribution in [2.75, 3.05) is 0 Å². The summed E-state index contributed by atoms with van der Waals surface area (Å²) in [6.07, 6.45) is 5.71. The van der Waals surface area contributed by atoms with Crippen molar-refractivity contribution < 1.29 is 5.11 Å². The van der Waals surface area contributed by atoms with Crippen LogP contribution in [-0.2, 0) is 13.0 Å². The minimum Gasteiger partial charge on any atom is -0.508 e. The normalized spacial score (nSPS) is 13.0. The quantitative estimate of drug-likeness (QED) is 0.690. The van der Waals surface area contributed by atoms with Crippen LogP contribution in [0, 0.1) is 11.8 Å². The maximum atomic E-state index is 9.47. The molecule has 0 amide bonds. The Hall–Kier alpha value is -2.99. The number of aromatic nitrogens is 2. The Balaban J connectivity index is 1.56. The molecule has 0 bridgehead atoms. The van der Waals surface area contributed by atoms with E-state index in [2.05, 4.69) is 34.7 Å². The standard InChI is InChI=1S/C21H18N2O/c24-19-5-3-4-17(14-19)8-7-16-9-11-18(12-10-16)20-15-23-13-2-1-6-21(23)22-20/h3-5,9-12,14-15,24H,1-2,6,13H2. The first-order chi connectivity index (χ1) is 11.8. The third-order valence-electron chi connectivity index (χ3n) is 4.29. The lowest BCUT2D eigenvalue weighted by Crippen LogP contribution is -2.08. The van der Waals surface area contributed by atoms with Crippen LogP contribution in [-0.4, -0.2) is 14.7 Å². The average molecular weight is 314 g/mol. The van der Waals surface area contributed by atoms with Crippen LogP contribution in [0.2, 0.25) is 0 Å². The number of rotatable bonds is 1. The van der Waals surface area contributed by atoms with Gasteiger partial charge in [-0.05, 0) is 43.2 Å². The second-order valence-corrected chi connectivity index (χ2v) is 6.07. The Kier molecular flexibility index (Phi) is 3.80. The van der Waals surface area contributed by atoms with Gasteiger partial charge in [-0.15, -0.1) is 0 Å². The monoisotopic (exact) mass is 314 g/mol. The predicted molar refractivity (Wildman–Crippen MR) is 94.7 cm³/mol. The highest BCUT2D eigenvalue weighted by Crippen LogP contribution is 2.22. The molecule has 1 aromatic heterocycles. The fraction of sp³-hybridized carbons (Fsp3) is 0.190. The molecule has 3 heteroatoms. The molecular weight excluding hydrogens is 296 g/mol. The largest absolute Gasteiger partial charge is 0.508 e. The lowest BCUT2D eigenvalue weighted by atomic mass is 10.1. The van der Waals surface area contributed by atoms with E-state index in [0.29, 0.717) is 0 Å². The van der Waals surface area contributed by atoms with Crippen molar-refractivity contribution >= 4 is 0 Å². The van der Waals surface area contributed by atoms with Gasteiger partial charge in [0.05, 0.1) is 5.69 Å². The van der Waals surface area contributed by atoms with Crippen LogP contribution in [0.3, 0.4) is 0 Å². The highest BCUT2D eigenvalue weighted by atomic mass is 16.3. The van der Waals surface area contributed by atoms with Gasteiger partial charge in [-0.2, -0.15) is 0 Å². The van der Waals surface area contributed by atoms with Crippen LogP contribution in [0.25, 0.3) is 11.3 Å². The fourth-order valence-corrected chi connectivity index (χ4v) is 3.00. The van der Waals surface area contributed by atoms with E-state index in [4.69, 9.17) is 4.98 Å². The van der Waals surface area contributed by atoms with Gasteiger partial charge in [-0.3, -0.25) is 0 Å². The number of phenols is 1. The van der Waals surface area contributed by atoms with Gasteiger partial charge in [0, 0.05) is 35.9 Å². The van der Waals surface area contributed by atoms with Crippen LogP contribution in [0.5, 0.6) is 5.75 Å². The highest BCUT2D eigenvalue weighted by molar-refractivity contribution is 5.60. The number of aromatic hydroxyl groups is 1. The van der Waals surface area contributed by atoms with Crippen molar-refractivity contribution in [1.29, 1.82) is 0 Å². The third-order valence-corrected chi connectivity index (χ3v) is 4.29. The molecule has 1 N–H and O–H groups in total. The highest BCUT2D eigenvalue weighted by Gasteiger charge is 2.12. The van der Waals surface area contributed by atoms with Gasteiger partial charge in [0.15, 0.2) is 0 Å². The van der Waals surface area contributed by atoms with E-state index in [9.17, 15) is 5.11 Å². The number of aryl methyl sites for hydroxylation is 2. The zero-order chi connectivity index (χ0) is 16.4. The second kappa shape index (κ2) is 6.25. The summed E-state index contributed by atoms with van der Waals surface area (Å²) in [7, 11) is 0. The molecule has 4 rings (SSSR count). The SMILES string of the molecule is Oc1cccc(C#Cc2ccc(-c3cn4c(n3)CCCC4)cc2)c1. The van der Waals surface area contributed by atoms with Crippen molar-refractivity contribution in [3.8, 4) is 28.8 Å². The summed E-state index contributed by atoms with van der Waals surface area (Å²) in [5, 5.41) is 9.47. The van der Waals surface area contributed by atoms with Crippen molar-refractivity contribution in [2.24, 2.45) is 0 Å². The molecule has 3 aromatic rings. The molecule has 1 aliphatic heterocycles. The Morgan fingerprint density at radius 2 is 1.79 bits per heavy atom. The number of hydrogen-bond donors (Lipinski definition) is 1. The predicted octanol–water partition coefficient (Wildman–Crippen LogP) is 3.99. The number of benzene rings is 2. The first-order valence-electron chi connectivity index (χ1n) is 8.25. The smallest absolute Gasteiger partial charge is 0.116 e. The molecule has 0 spiro atoms. The summed E-state index contributed by atoms with van der Waals surface area (Å²) in [6.45, 7) is 1.08. The van der Waals surface area contributed by atoms with Crippen LogP contribution in [0.1, 0.15) is 29.8 Å². The van der Waals surface area contributed by atoms with E-state index in [0.717, 1.165) is 35.3 Å². The fourth-order valence-electron chi connectivity index (χ4n) is 3.00. The number of imidazole rings is 1. The lowest BCUT2D eigenvalue weighted by molar-refractivity contribution is 0.475. The molecule has 0 aliphatic carbocycles. The molecule has 0 radical (unpaired) electrons. The Bertz CT molecular complexity index is 903. The Labute approximate surface area is 141 Å². The minimum absolute atomic E-state index is 0.237. The zero-order valence-electron chi connectivity index (χ0n) is 13.4. The molecular formula is C21H18N2O. The van der Waals surface area contributed by atoms with E-state index < -0.39 is 0 Å². The first kappa shape index (κ1) is 14.6. The number of hydrogen-bond acceptors (Lipinski definition) is 2. The molecule has 24 heavy (non-hydrogen) atoms. The maximum Gasteiger partial charge on any atom is 0.116 e. The summed E-state index contributed by atoms with van der Waals surface area (Å²) < 4.78 is 2.27. The molecule has 3 nitrogen and oxygen atoms in total. The molecule has 2 aromatic carbocycles. The van der Waals surface area contributed by atoms with Gasteiger partial charge in [-0.25, -0.2) is 4.98 Å². The molecule has 0 saturated heterocycles. The molecule has 1 aliphatic rings. The van der Waals surface area contributed by atoms with Crippen molar-refractivity contribution in [3.05, 3.63) is 71.7 Å². The summed E-state index contributed by atoms with van der Waals surface area (Å²) in [6, 6.07) is 15.2. The average Bonchev–Trinajstić information content (AvgIpc) is 3.05. The van der Waals surface area contributed by atoms with Gasteiger partial charge in [0.2, 0.25) is 0 Å². The van der Waals surface area contributed by atoms with E-state index >= 15 is 0 Å². The molecule has 118 valence electrons. The molecule has 0 unspecified atom stereocenters. The molecule has 0 fully saturated rings. The van der Waals surface area contributed by atoms with Gasteiger partial charge in [0.1, 0.15) is 11.6 Å². The van der Waals surface area contributed by atoms with Crippen LogP contribution < -0.4 is 0 Å². The summed E-state index contributed by atoms with van der Waals surface area (Å²) >= 11 is 0. The topological polar surface area (TPSA) is 38.0 Å². The van der Waals surface area contributed by atoms with Crippen molar-refractivity contribution in [3.63, 3.8) is 0 Å². The number of phenolic OH excluding ortho intramolecular Hbond substituents is 1. The summed E-state index contributed by atoms with van der Waals surface area (Å²) in [5.74, 6) is 7.64. The Morgan fingerprint density at radius 3 is 2.58 bits per heavy atom. The summed E-state index contributed by atoms with van der Waals surface area (Å²) in [4.78, 5) is 4.75. The number of nitrogens with zero attached hydrogens (tertiary/aromatic N) is 2. The van der Waals surface area contributed by atoms with E-state index in [1.165, 1.54) is 18.7 Å². The van der Waals surface area contributed by atoms with Gasteiger partial charge in [0.25, 0.3) is 0 Å². The molecule has 2 heterocycles. The van der Waals surface area contributed by atoms with Crippen molar-refractivity contribution in [2.45, 2.75) is 25.8 Å². The molecule has 0 saturated carbocycles. The van der Waals surface area contributed by atoms with Crippen LogP contribution in [0.4, 0.5) is 0 Å². The van der Waals surface area contributed by atoms with Gasteiger partial charge >= 0.3 is 0 Å². The lowest BCUT2D eigenvalue weighted by Gasteiger charge is -2.11. The summed E-state index contributed by atoms with van der Waals surface area (Å²) in [5.41, 5.74) is 3.92. The van der Waals surface area contributed by atoms with Gasteiger partial charge < -0.3 is 9.67 Å². The van der Waals surface area contributed by atoms with Gasteiger partial charge in [-0.1, -0.05) is 30.0 Å². The van der Waals surface area contributed by atoms with E-state index in [1.807, 2.05) is 18.2 Å². The minimum atomic E-state index is 0.237. The Morgan fingerprint density at radius 1 is 0.958 bits per heavy atom.